The van der Waals surface area contributed by atoms with Gasteiger partial charge >= 0.3 is 0 Å². The number of nitrogens with one attached hydrogen (secondary N) is 2. The van der Waals surface area contributed by atoms with Crippen molar-refractivity contribution < 1.29 is 14.3 Å². The fourth-order valence-electron chi connectivity index (χ4n) is 1.91. The van der Waals surface area contributed by atoms with E-state index < -0.39 is 17.9 Å². The number of amides is 2. The number of ether oxygens (including phenoxy) is 1. The molecule has 122 valence electrons. The summed E-state index contributed by atoms with van der Waals surface area (Å²) in [5.74, 6) is -0.815. The zero-order chi connectivity index (χ0) is 16.8. The minimum absolute atomic E-state index is 0.328. The van der Waals surface area contributed by atoms with E-state index in [0.717, 1.165) is 10.0 Å². The highest BCUT2D eigenvalue weighted by atomic mass is 79.9. The van der Waals surface area contributed by atoms with Gasteiger partial charge in [0.15, 0.2) is 0 Å². The molecule has 1 unspecified atom stereocenters. The molecule has 0 aliphatic rings. The Balaban J connectivity index is 1.79. The summed E-state index contributed by atoms with van der Waals surface area (Å²) in [6.45, 7) is 1.96. The molecule has 0 saturated heterocycles. The van der Waals surface area contributed by atoms with E-state index in [2.05, 4.69) is 26.8 Å². The number of aryl methyl sites for hydroxylation is 1. The van der Waals surface area contributed by atoms with Gasteiger partial charge in [-0.15, -0.1) is 0 Å². The van der Waals surface area contributed by atoms with E-state index in [9.17, 15) is 9.59 Å². The van der Waals surface area contributed by atoms with E-state index in [-0.39, 0.29) is 0 Å². The van der Waals surface area contributed by atoms with E-state index in [1.165, 1.54) is 0 Å². The van der Waals surface area contributed by atoms with Crippen LogP contribution < -0.4 is 10.9 Å². The number of carbonyl (C=O) groups excluding carboxylic acids is 2. The van der Waals surface area contributed by atoms with Gasteiger partial charge in [-0.3, -0.25) is 20.4 Å². The van der Waals surface area contributed by atoms with Crippen LogP contribution in [-0.2, 0) is 23.2 Å². The predicted molar refractivity (Wildman–Crippen MR) is 89.4 cm³/mol. The van der Waals surface area contributed by atoms with Crippen LogP contribution in [0.25, 0.3) is 0 Å². The lowest BCUT2D eigenvalue weighted by Crippen LogP contribution is -2.46. The Morgan fingerprint density at radius 3 is 2.57 bits per heavy atom. The summed E-state index contributed by atoms with van der Waals surface area (Å²) in [6, 6.07) is 11.2. The summed E-state index contributed by atoms with van der Waals surface area (Å²) >= 11 is 3.29. The Morgan fingerprint density at radius 1 is 1.26 bits per heavy atom. The average Bonchev–Trinajstić information content (AvgIpc) is 2.89. The maximum absolute atomic E-state index is 12.0. The Kier molecular flexibility index (Phi) is 5.95. The molecule has 1 heterocycles. The third kappa shape index (κ3) is 4.94. The molecule has 0 aliphatic heterocycles. The van der Waals surface area contributed by atoms with E-state index >= 15 is 0 Å². The van der Waals surface area contributed by atoms with Crippen molar-refractivity contribution in [3.63, 3.8) is 0 Å². The quantitative estimate of drug-likeness (QED) is 0.781. The second kappa shape index (κ2) is 7.94. The topological polar surface area (TPSA) is 72.4 Å². The summed E-state index contributed by atoms with van der Waals surface area (Å²) < 4.78 is 7.92. The maximum Gasteiger partial charge on any atom is 0.286 e. The SMILES string of the molecule is CC(OCc1ccccc1)C(=O)NNC(=O)c1cc(Br)cn1C. The molecule has 7 heteroatoms. The standard InChI is InChI=1S/C16H18BrN3O3/c1-11(23-10-12-6-4-3-5-7-12)15(21)18-19-16(22)14-8-13(17)9-20(14)2/h3-9,11H,10H2,1-2H3,(H,18,21)(H,19,22). The Hall–Kier alpha value is -2.12. The van der Waals surface area contributed by atoms with Gasteiger partial charge in [-0.25, -0.2) is 0 Å². The molecule has 2 rings (SSSR count). The van der Waals surface area contributed by atoms with Gasteiger partial charge in [-0.05, 0) is 34.5 Å². The van der Waals surface area contributed by atoms with Crippen molar-refractivity contribution >= 4 is 27.7 Å². The summed E-state index contributed by atoms with van der Waals surface area (Å²) in [4.78, 5) is 23.9. The molecule has 6 nitrogen and oxygen atoms in total. The predicted octanol–water partition coefficient (Wildman–Crippen LogP) is 2.15. The molecular weight excluding hydrogens is 362 g/mol. The van der Waals surface area contributed by atoms with Gasteiger partial charge < -0.3 is 9.30 Å². The lowest BCUT2D eigenvalue weighted by atomic mass is 10.2. The second-order valence-electron chi connectivity index (χ2n) is 5.04. The Labute approximate surface area is 142 Å². The molecule has 2 amide bonds. The van der Waals surface area contributed by atoms with Gasteiger partial charge in [0.25, 0.3) is 11.8 Å². The molecule has 2 N–H and O–H groups in total. The molecule has 0 bridgehead atoms. The third-order valence-electron chi connectivity index (χ3n) is 3.22. The highest BCUT2D eigenvalue weighted by Gasteiger charge is 2.16. The highest BCUT2D eigenvalue weighted by Crippen LogP contribution is 2.13. The number of nitrogens with zero attached hydrogens (tertiary/aromatic N) is 1. The number of hydrazine groups is 1. The number of rotatable bonds is 5. The number of benzene rings is 1. The smallest absolute Gasteiger partial charge is 0.286 e. The number of hydrogen-bond donors (Lipinski definition) is 2. The van der Waals surface area contributed by atoms with Crippen LogP contribution in [0.3, 0.4) is 0 Å². The average molecular weight is 380 g/mol. The first-order chi connectivity index (χ1) is 11.0. The molecular formula is C16H18BrN3O3. The summed E-state index contributed by atoms with van der Waals surface area (Å²) in [5, 5.41) is 0. The van der Waals surface area contributed by atoms with Gasteiger partial charge in [0.1, 0.15) is 11.8 Å². The van der Waals surface area contributed by atoms with Crippen LogP contribution in [-0.4, -0.2) is 22.5 Å². The highest BCUT2D eigenvalue weighted by molar-refractivity contribution is 9.10. The largest absolute Gasteiger partial charge is 0.364 e. The molecule has 0 saturated carbocycles. The summed E-state index contributed by atoms with van der Waals surface area (Å²) in [6.07, 6.45) is 1.07. The zero-order valence-corrected chi connectivity index (χ0v) is 14.5. The van der Waals surface area contributed by atoms with Crippen molar-refractivity contribution in [1.82, 2.24) is 15.4 Å². The number of aromatic nitrogens is 1. The van der Waals surface area contributed by atoms with Crippen molar-refractivity contribution in [2.45, 2.75) is 19.6 Å². The molecule has 2 aromatic rings. The van der Waals surface area contributed by atoms with Crippen molar-refractivity contribution in [3.8, 4) is 0 Å². The lowest BCUT2D eigenvalue weighted by Gasteiger charge is -2.14. The molecule has 0 radical (unpaired) electrons. The van der Waals surface area contributed by atoms with Crippen LogP contribution in [0.4, 0.5) is 0 Å². The van der Waals surface area contributed by atoms with Crippen LogP contribution in [0.15, 0.2) is 47.1 Å². The third-order valence-corrected chi connectivity index (χ3v) is 3.65. The first-order valence-corrected chi connectivity index (χ1v) is 7.84. The van der Waals surface area contributed by atoms with Gasteiger partial charge in [0.05, 0.1) is 6.61 Å². The normalized spacial score (nSPS) is 11.8. The first kappa shape index (κ1) is 17.2. The Morgan fingerprint density at radius 2 is 1.96 bits per heavy atom. The molecule has 0 aliphatic carbocycles. The minimum atomic E-state index is -0.685. The van der Waals surface area contributed by atoms with E-state index in [0.29, 0.717) is 12.3 Å². The number of carbonyl (C=O) groups is 2. The first-order valence-electron chi connectivity index (χ1n) is 7.05. The van der Waals surface area contributed by atoms with E-state index in [4.69, 9.17) is 4.74 Å². The van der Waals surface area contributed by atoms with Crippen molar-refractivity contribution in [1.29, 1.82) is 0 Å². The summed E-state index contributed by atoms with van der Waals surface area (Å²) in [7, 11) is 1.74. The minimum Gasteiger partial charge on any atom is -0.364 e. The van der Waals surface area contributed by atoms with Crippen molar-refractivity contribution in [3.05, 3.63) is 58.3 Å². The molecule has 0 fully saturated rings. The van der Waals surface area contributed by atoms with Gasteiger partial charge in [0.2, 0.25) is 0 Å². The van der Waals surface area contributed by atoms with Crippen molar-refractivity contribution in [2.24, 2.45) is 7.05 Å². The van der Waals surface area contributed by atoms with Gasteiger partial charge in [0, 0.05) is 17.7 Å². The molecule has 1 aromatic heterocycles. The maximum atomic E-state index is 12.0. The molecule has 0 spiro atoms. The van der Waals surface area contributed by atoms with Crippen LogP contribution in [0.5, 0.6) is 0 Å². The zero-order valence-electron chi connectivity index (χ0n) is 12.9. The van der Waals surface area contributed by atoms with Gasteiger partial charge in [-0.1, -0.05) is 30.3 Å². The monoisotopic (exact) mass is 379 g/mol. The van der Waals surface area contributed by atoms with Crippen LogP contribution in [0, 0.1) is 0 Å². The number of hydrogen-bond acceptors (Lipinski definition) is 3. The van der Waals surface area contributed by atoms with E-state index in [1.54, 1.807) is 30.8 Å². The fourth-order valence-corrected chi connectivity index (χ4v) is 2.43. The van der Waals surface area contributed by atoms with Crippen LogP contribution in [0.1, 0.15) is 23.0 Å². The molecule has 1 aromatic carbocycles. The second-order valence-corrected chi connectivity index (χ2v) is 5.95. The Bertz CT molecular complexity index is 685. The van der Waals surface area contributed by atoms with Crippen LogP contribution >= 0.6 is 15.9 Å². The summed E-state index contributed by atoms with van der Waals surface area (Å²) in [5.41, 5.74) is 6.14. The fraction of sp³-hybridized carbons (Fsp3) is 0.250. The molecule has 23 heavy (non-hydrogen) atoms. The van der Waals surface area contributed by atoms with Crippen LogP contribution in [0.2, 0.25) is 0 Å². The molecule has 1 atom stereocenters. The number of halogens is 1. The lowest BCUT2D eigenvalue weighted by molar-refractivity contribution is -0.133. The van der Waals surface area contributed by atoms with Gasteiger partial charge in [-0.2, -0.15) is 0 Å². The van der Waals surface area contributed by atoms with Crippen molar-refractivity contribution in [2.75, 3.05) is 0 Å². The van der Waals surface area contributed by atoms with E-state index in [1.807, 2.05) is 30.3 Å².